The molecule has 1 aliphatic rings. The summed E-state index contributed by atoms with van der Waals surface area (Å²) in [5.74, 6) is 0. The molecule has 0 heterocycles. The van der Waals surface area contributed by atoms with Crippen LogP contribution in [-0.2, 0) is 24.1 Å². The van der Waals surface area contributed by atoms with Crippen LogP contribution >= 0.6 is 0 Å². The highest BCUT2D eigenvalue weighted by Crippen LogP contribution is 2.26. The first-order valence-corrected chi connectivity index (χ1v) is 8.53. The molecular weight excluding hydrogens is 240 g/mol. The minimum atomic E-state index is -3.43. The van der Waals surface area contributed by atoms with Gasteiger partial charge in [0.25, 0.3) is 10.1 Å². The number of hydrogen-bond acceptors (Lipinski definition) is 5. The second kappa shape index (κ2) is 4.39. The van der Waals surface area contributed by atoms with Crippen LogP contribution in [0.25, 0.3) is 0 Å². The molecule has 0 saturated heterocycles. The summed E-state index contributed by atoms with van der Waals surface area (Å²) in [6, 6.07) is 0. The summed E-state index contributed by atoms with van der Waals surface area (Å²) in [4.78, 5) is 0. The predicted molar refractivity (Wildman–Crippen MR) is 56.8 cm³/mol. The minimum Gasteiger partial charge on any atom is -0.267 e. The molecule has 15 heavy (non-hydrogen) atoms. The van der Waals surface area contributed by atoms with E-state index in [-0.39, 0.29) is 11.4 Å². The lowest BCUT2D eigenvalue weighted by atomic mass is 9.97. The summed E-state index contributed by atoms with van der Waals surface area (Å²) < 4.78 is 48.9. The van der Waals surface area contributed by atoms with Crippen LogP contribution in [0.3, 0.4) is 0 Å². The Kier molecular flexibility index (Phi) is 3.78. The van der Waals surface area contributed by atoms with Crippen LogP contribution in [0.4, 0.5) is 0 Å². The van der Waals surface area contributed by atoms with Gasteiger partial charge in [-0.15, -0.1) is 0 Å². The zero-order valence-electron chi connectivity index (χ0n) is 8.84. The Morgan fingerprint density at radius 2 is 1.40 bits per heavy atom. The van der Waals surface area contributed by atoms with Gasteiger partial charge >= 0.3 is 0 Å². The summed E-state index contributed by atoms with van der Waals surface area (Å²) in [6.07, 6.45) is 3.83. The van der Waals surface area contributed by atoms with Gasteiger partial charge < -0.3 is 0 Å². The first-order chi connectivity index (χ1) is 6.68. The molecule has 1 saturated carbocycles. The quantitative estimate of drug-likeness (QED) is 0.679. The Hall–Kier alpha value is -0.140. The SMILES string of the molecule is CS(=O)(=O)OC1CCC(S(C)(=O)=O)CC1. The Bertz CT molecular complexity index is 400. The molecular formula is C8H16O5S2. The molecule has 0 aliphatic heterocycles. The monoisotopic (exact) mass is 256 g/mol. The standard InChI is InChI=1S/C8H16O5S2/c1-14(9,10)8-5-3-7(4-6-8)13-15(2,11)12/h7-8H,3-6H2,1-2H3. The van der Waals surface area contributed by atoms with E-state index in [0.717, 1.165) is 6.26 Å². The van der Waals surface area contributed by atoms with Crippen molar-refractivity contribution < 1.29 is 21.0 Å². The molecule has 0 aromatic carbocycles. The maximum Gasteiger partial charge on any atom is 0.264 e. The van der Waals surface area contributed by atoms with Crippen molar-refractivity contribution in [1.29, 1.82) is 0 Å². The largest absolute Gasteiger partial charge is 0.267 e. The average Bonchev–Trinajstić information content (AvgIpc) is 2.00. The Balaban J connectivity index is 2.50. The highest BCUT2D eigenvalue weighted by Gasteiger charge is 2.29. The van der Waals surface area contributed by atoms with E-state index < -0.39 is 20.0 Å². The van der Waals surface area contributed by atoms with E-state index in [1.54, 1.807) is 0 Å². The Morgan fingerprint density at radius 3 is 1.73 bits per heavy atom. The van der Waals surface area contributed by atoms with Crippen molar-refractivity contribution in [2.24, 2.45) is 0 Å². The molecule has 0 aromatic heterocycles. The van der Waals surface area contributed by atoms with Crippen LogP contribution in [-0.4, -0.2) is 40.7 Å². The summed E-state index contributed by atoms with van der Waals surface area (Å²) in [5.41, 5.74) is 0. The van der Waals surface area contributed by atoms with Crippen molar-refractivity contribution in [3.05, 3.63) is 0 Å². The van der Waals surface area contributed by atoms with Crippen LogP contribution in [0.1, 0.15) is 25.7 Å². The molecule has 0 amide bonds. The number of rotatable bonds is 3. The van der Waals surface area contributed by atoms with E-state index >= 15 is 0 Å². The first kappa shape index (κ1) is 12.9. The van der Waals surface area contributed by atoms with Gasteiger partial charge in [-0.05, 0) is 25.7 Å². The Labute approximate surface area is 90.9 Å². The maximum absolute atomic E-state index is 11.2. The zero-order chi connectivity index (χ0) is 11.7. The summed E-state index contributed by atoms with van der Waals surface area (Å²) >= 11 is 0. The molecule has 1 fully saturated rings. The second-order valence-corrected chi connectivity index (χ2v) is 7.96. The lowest BCUT2D eigenvalue weighted by Crippen LogP contribution is -2.30. The molecule has 0 aromatic rings. The van der Waals surface area contributed by atoms with Crippen molar-refractivity contribution in [1.82, 2.24) is 0 Å². The molecule has 90 valence electrons. The fourth-order valence-corrected chi connectivity index (χ4v) is 3.62. The summed E-state index contributed by atoms with van der Waals surface area (Å²) in [7, 11) is -6.42. The third-order valence-corrected chi connectivity index (χ3v) is 4.84. The van der Waals surface area contributed by atoms with Crippen LogP contribution in [0.2, 0.25) is 0 Å². The van der Waals surface area contributed by atoms with E-state index in [1.165, 1.54) is 6.26 Å². The fraction of sp³-hybridized carbons (Fsp3) is 1.00. The number of hydrogen-bond donors (Lipinski definition) is 0. The van der Waals surface area contributed by atoms with Gasteiger partial charge in [0.1, 0.15) is 9.84 Å². The van der Waals surface area contributed by atoms with Gasteiger partial charge in [-0.3, -0.25) is 4.18 Å². The summed E-state index contributed by atoms with van der Waals surface area (Å²) in [5, 5.41) is -0.336. The number of sulfone groups is 1. The molecule has 1 aliphatic carbocycles. The van der Waals surface area contributed by atoms with E-state index in [4.69, 9.17) is 4.18 Å². The lowest BCUT2D eigenvalue weighted by molar-refractivity contribution is 0.165. The summed E-state index contributed by atoms with van der Waals surface area (Å²) in [6.45, 7) is 0. The third-order valence-electron chi connectivity index (χ3n) is 2.54. The highest BCUT2D eigenvalue weighted by molar-refractivity contribution is 7.91. The van der Waals surface area contributed by atoms with Crippen molar-refractivity contribution in [3.63, 3.8) is 0 Å². The normalized spacial score (nSPS) is 28.9. The average molecular weight is 256 g/mol. The minimum absolute atomic E-state index is 0.336. The maximum atomic E-state index is 11.2. The smallest absolute Gasteiger partial charge is 0.264 e. The van der Waals surface area contributed by atoms with Crippen LogP contribution in [0.15, 0.2) is 0 Å². The van der Waals surface area contributed by atoms with Crippen molar-refractivity contribution >= 4 is 20.0 Å². The molecule has 0 atom stereocenters. The topological polar surface area (TPSA) is 77.5 Å². The van der Waals surface area contributed by atoms with E-state index in [2.05, 4.69) is 0 Å². The second-order valence-electron chi connectivity index (χ2n) is 4.03. The molecule has 0 spiro atoms. The molecule has 7 heteroatoms. The fourth-order valence-electron chi connectivity index (χ4n) is 1.80. The van der Waals surface area contributed by atoms with Gasteiger partial charge in [0, 0.05) is 6.26 Å². The Morgan fingerprint density at radius 1 is 0.933 bits per heavy atom. The van der Waals surface area contributed by atoms with E-state index in [0.29, 0.717) is 25.7 Å². The van der Waals surface area contributed by atoms with E-state index in [9.17, 15) is 16.8 Å². The van der Waals surface area contributed by atoms with Crippen LogP contribution in [0, 0.1) is 0 Å². The molecule has 5 nitrogen and oxygen atoms in total. The van der Waals surface area contributed by atoms with Crippen molar-refractivity contribution in [2.45, 2.75) is 37.0 Å². The van der Waals surface area contributed by atoms with Gasteiger partial charge in [-0.25, -0.2) is 8.42 Å². The van der Waals surface area contributed by atoms with Crippen LogP contribution < -0.4 is 0 Å². The van der Waals surface area contributed by atoms with Crippen molar-refractivity contribution in [2.75, 3.05) is 12.5 Å². The molecule has 0 unspecified atom stereocenters. The van der Waals surface area contributed by atoms with Crippen molar-refractivity contribution in [3.8, 4) is 0 Å². The molecule has 0 bridgehead atoms. The van der Waals surface area contributed by atoms with Gasteiger partial charge in [-0.2, -0.15) is 8.42 Å². The molecule has 1 rings (SSSR count). The zero-order valence-corrected chi connectivity index (χ0v) is 10.5. The highest BCUT2D eigenvalue weighted by atomic mass is 32.2. The third kappa shape index (κ3) is 4.48. The predicted octanol–water partition coefficient (Wildman–Crippen LogP) is 0.318. The first-order valence-electron chi connectivity index (χ1n) is 4.75. The lowest BCUT2D eigenvalue weighted by Gasteiger charge is -2.26. The van der Waals surface area contributed by atoms with Gasteiger partial charge in [0.2, 0.25) is 0 Å². The van der Waals surface area contributed by atoms with Gasteiger partial charge in [-0.1, -0.05) is 0 Å². The van der Waals surface area contributed by atoms with E-state index in [1.807, 2.05) is 0 Å². The van der Waals surface area contributed by atoms with Gasteiger partial charge in [0.05, 0.1) is 17.6 Å². The van der Waals surface area contributed by atoms with Gasteiger partial charge in [0.15, 0.2) is 0 Å². The molecule has 0 N–H and O–H groups in total. The van der Waals surface area contributed by atoms with Crippen LogP contribution in [0.5, 0.6) is 0 Å². The molecule has 0 radical (unpaired) electrons.